The molecule has 0 bridgehead atoms. The first-order chi connectivity index (χ1) is 15.8. The van der Waals surface area contributed by atoms with Gasteiger partial charge in [0.25, 0.3) is 5.91 Å². The van der Waals surface area contributed by atoms with Gasteiger partial charge in [-0.1, -0.05) is 6.07 Å². The predicted octanol–water partition coefficient (Wildman–Crippen LogP) is 3.81. The Labute approximate surface area is 188 Å². The average molecular weight is 443 g/mol. The fourth-order valence-electron chi connectivity index (χ4n) is 3.87. The Kier molecular flexibility index (Phi) is 4.81. The molecule has 5 rings (SSSR count). The van der Waals surface area contributed by atoms with Crippen LogP contribution in [-0.2, 0) is 7.05 Å². The van der Waals surface area contributed by atoms with Crippen molar-refractivity contribution in [2.24, 2.45) is 7.05 Å². The summed E-state index contributed by atoms with van der Waals surface area (Å²) in [6.07, 6.45) is 3.40. The second kappa shape index (κ2) is 7.70. The molecule has 3 N–H and O–H groups in total. The molecular formula is C24H22FN7O. The highest BCUT2D eigenvalue weighted by Gasteiger charge is 2.21. The third kappa shape index (κ3) is 3.57. The lowest BCUT2D eigenvalue weighted by Crippen LogP contribution is -2.30. The number of hydrogen-bond donors (Lipinski definition) is 2. The monoisotopic (exact) mass is 443 g/mol. The van der Waals surface area contributed by atoms with Gasteiger partial charge in [-0.3, -0.25) is 9.20 Å². The Morgan fingerprint density at radius 3 is 2.55 bits per heavy atom. The van der Waals surface area contributed by atoms with Gasteiger partial charge in [-0.05, 0) is 50.2 Å². The van der Waals surface area contributed by atoms with Gasteiger partial charge >= 0.3 is 0 Å². The number of nitrogen functional groups attached to an aromatic ring is 1. The maximum absolute atomic E-state index is 13.6. The molecule has 0 aliphatic rings. The highest BCUT2D eigenvalue weighted by atomic mass is 19.1. The first-order valence-corrected chi connectivity index (χ1v) is 10.5. The number of benzene rings is 2. The van der Waals surface area contributed by atoms with Crippen LogP contribution in [0.2, 0.25) is 0 Å². The number of aromatic nitrogens is 5. The first kappa shape index (κ1) is 20.6. The number of aryl methyl sites for hydroxylation is 1. The SMILES string of the molecule is CC(C)NC(=O)c1cn2c(-c3ccc4ncn(C)c4c3)c(-c3ccc(F)cc3)nc(N)c2n1. The molecule has 0 aliphatic heterocycles. The molecule has 0 saturated heterocycles. The number of imidazole rings is 2. The number of carbonyl (C=O) groups excluding carboxylic acids is 1. The molecule has 33 heavy (non-hydrogen) atoms. The predicted molar refractivity (Wildman–Crippen MR) is 125 cm³/mol. The standard InChI is InChI=1S/C24H22FN7O/c1-13(2)28-24(33)18-11-32-21(15-6-9-17-19(10-15)31(3)12-27-17)20(30-22(26)23(32)29-18)14-4-7-16(25)8-5-14/h4-13H,1-3H3,(H2,26,30)(H,28,33). The van der Waals surface area contributed by atoms with Crippen molar-refractivity contribution in [1.29, 1.82) is 0 Å². The molecule has 0 spiro atoms. The third-order valence-electron chi connectivity index (χ3n) is 5.40. The van der Waals surface area contributed by atoms with Crippen LogP contribution in [0.15, 0.2) is 55.0 Å². The summed E-state index contributed by atoms with van der Waals surface area (Å²) in [5.74, 6) is -0.478. The molecule has 9 heteroatoms. The van der Waals surface area contributed by atoms with Gasteiger partial charge in [-0.2, -0.15) is 0 Å². The quantitative estimate of drug-likeness (QED) is 0.440. The van der Waals surface area contributed by atoms with Crippen LogP contribution < -0.4 is 11.1 Å². The number of nitrogens with zero attached hydrogens (tertiary/aromatic N) is 5. The lowest BCUT2D eigenvalue weighted by Gasteiger charge is -2.14. The summed E-state index contributed by atoms with van der Waals surface area (Å²) in [6, 6.07) is 11.9. The van der Waals surface area contributed by atoms with Gasteiger partial charge in [0.05, 0.1) is 28.7 Å². The van der Waals surface area contributed by atoms with Gasteiger partial charge in [0, 0.05) is 30.4 Å². The largest absolute Gasteiger partial charge is 0.381 e. The van der Waals surface area contributed by atoms with E-state index in [0.717, 1.165) is 16.6 Å². The van der Waals surface area contributed by atoms with Crippen LogP contribution in [0.25, 0.3) is 39.2 Å². The summed E-state index contributed by atoms with van der Waals surface area (Å²) in [6.45, 7) is 3.76. The lowest BCUT2D eigenvalue weighted by atomic mass is 10.0. The maximum Gasteiger partial charge on any atom is 0.271 e. The van der Waals surface area contributed by atoms with E-state index in [0.29, 0.717) is 22.6 Å². The van der Waals surface area contributed by atoms with Crippen LogP contribution in [0, 0.1) is 5.82 Å². The number of nitrogens with two attached hydrogens (primary N) is 1. The topological polar surface area (TPSA) is 103 Å². The first-order valence-electron chi connectivity index (χ1n) is 10.5. The summed E-state index contributed by atoms with van der Waals surface area (Å²) in [7, 11) is 1.92. The van der Waals surface area contributed by atoms with E-state index in [1.165, 1.54) is 12.1 Å². The van der Waals surface area contributed by atoms with Crippen molar-refractivity contribution >= 4 is 28.4 Å². The average Bonchev–Trinajstić information content (AvgIpc) is 3.38. The van der Waals surface area contributed by atoms with Gasteiger partial charge in [0.2, 0.25) is 0 Å². The van der Waals surface area contributed by atoms with E-state index in [1.54, 1.807) is 29.1 Å². The number of amides is 1. The minimum absolute atomic E-state index is 0.0423. The molecule has 0 atom stereocenters. The summed E-state index contributed by atoms with van der Waals surface area (Å²) in [4.78, 5) is 26.1. The smallest absolute Gasteiger partial charge is 0.271 e. The van der Waals surface area contributed by atoms with Crippen LogP contribution in [-0.4, -0.2) is 35.9 Å². The molecule has 166 valence electrons. The lowest BCUT2D eigenvalue weighted by molar-refractivity contribution is 0.0938. The van der Waals surface area contributed by atoms with E-state index in [9.17, 15) is 9.18 Å². The molecule has 0 radical (unpaired) electrons. The van der Waals surface area contributed by atoms with E-state index >= 15 is 0 Å². The second-order valence-corrected chi connectivity index (χ2v) is 8.21. The highest BCUT2D eigenvalue weighted by molar-refractivity contribution is 5.95. The summed E-state index contributed by atoms with van der Waals surface area (Å²) >= 11 is 0. The van der Waals surface area contributed by atoms with Crippen LogP contribution >= 0.6 is 0 Å². The number of carbonyl (C=O) groups is 1. The normalized spacial score (nSPS) is 11.5. The maximum atomic E-state index is 13.6. The van der Waals surface area contributed by atoms with Crippen LogP contribution in [0.1, 0.15) is 24.3 Å². The molecule has 3 aromatic heterocycles. The zero-order chi connectivity index (χ0) is 23.3. The molecule has 2 aromatic carbocycles. The van der Waals surface area contributed by atoms with Crippen molar-refractivity contribution < 1.29 is 9.18 Å². The minimum atomic E-state index is -0.346. The molecule has 3 heterocycles. The van der Waals surface area contributed by atoms with Gasteiger partial charge in [0.1, 0.15) is 11.5 Å². The molecule has 0 fully saturated rings. The van der Waals surface area contributed by atoms with Gasteiger partial charge < -0.3 is 15.6 Å². The fourth-order valence-corrected chi connectivity index (χ4v) is 3.87. The number of nitrogens with one attached hydrogen (secondary N) is 1. The Balaban J connectivity index is 1.82. The molecular weight excluding hydrogens is 421 g/mol. The van der Waals surface area contributed by atoms with Crippen molar-refractivity contribution in [1.82, 2.24) is 29.2 Å². The Bertz CT molecular complexity index is 1520. The van der Waals surface area contributed by atoms with Crippen molar-refractivity contribution in [3.63, 3.8) is 0 Å². The minimum Gasteiger partial charge on any atom is -0.381 e. The molecule has 0 aliphatic carbocycles. The third-order valence-corrected chi connectivity index (χ3v) is 5.40. The number of halogens is 1. The Morgan fingerprint density at radius 1 is 1.09 bits per heavy atom. The summed E-state index contributed by atoms with van der Waals surface area (Å²) < 4.78 is 17.3. The molecule has 5 aromatic rings. The van der Waals surface area contributed by atoms with Crippen molar-refractivity contribution in [2.45, 2.75) is 19.9 Å². The number of hydrogen-bond acceptors (Lipinski definition) is 5. The van der Waals surface area contributed by atoms with Gasteiger partial charge in [-0.15, -0.1) is 0 Å². The summed E-state index contributed by atoms with van der Waals surface area (Å²) in [5, 5.41) is 2.85. The summed E-state index contributed by atoms with van der Waals surface area (Å²) in [5.41, 5.74) is 11.4. The van der Waals surface area contributed by atoms with Crippen LogP contribution in [0.4, 0.5) is 10.2 Å². The molecule has 8 nitrogen and oxygen atoms in total. The molecule has 1 amide bonds. The van der Waals surface area contributed by atoms with Gasteiger partial charge in [0.15, 0.2) is 11.5 Å². The van der Waals surface area contributed by atoms with E-state index in [4.69, 9.17) is 5.73 Å². The Hall–Kier alpha value is -4.27. The highest BCUT2D eigenvalue weighted by Crippen LogP contribution is 2.34. The van der Waals surface area contributed by atoms with Crippen LogP contribution in [0.3, 0.4) is 0 Å². The van der Waals surface area contributed by atoms with E-state index in [-0.39, 0.29) is 29.3 Å². The van der Waals surface area contributed by atoms with Crippen molar-refractivity contribution in [3.8, 4) is 22.5 Å². The molecule has 0 unspecified atom stereocenters. The number of anilines is 1. The second-order valence-electron chi connectivity index (χ2n) is 8.21. The zero-order valence-corrected chi connectivity index (χ0v) is 18.4. The number of rotatable bonds is 4. The van der Waals surface area contributed by atoms with E-state index in [2.05, 4.69) is 20.3 Å². The van der Waals surface area contributed by atoms with Crippen molar-refractivity contribution in [2.75, 3.05) is 5.73 Å². The van der Waals surface area contributed by atoms with Crippen molar-refractivity contribution in [3.05, 3.63) is 66.5 Å². The van der Waals surface area contributed by atoms with Gasteiger partial charge in [-0.25, -0.2) is 19.3 Å². The molecule has 0 saturated carbocycles. The van der Waals surface area contributed by atoms with E-state index < -0.39 is 0 Å². The fraction of sp³-hybridized carbons (Fsp3) is 0.167. The van der Waals surface area contributed by atoms with E-state index in [1.807, 2.05) is 43.7 Å². The Morgan fingerprint density at radius 2 is 1.82 bits per heavy atom. The number of fused-ring (bicyclic) bond motifs is 2. The zero-order valence-electron chi connectivity index (χ0n) is 18.4. The van der Waals surface area contributed by atoms with Crippen LogP contribution in [0.5, 0.6) is 0 Å².